The van der Waals surface area contributed by atoms with Crippen molar-refractivity contribution >= 4 is 11.9 Å². The molecule has 0 spiro atoms. The van der Waals surface area contributed by atoms with E-state index in [0.29, 0.717) is 12.5 Å². The van der Waals surface area contributed by atoms with Crippen molar-refractivity contribution in [2.24, 2.45) is 5.92 Å². The van der Waals surface area contributed by atoms with Crippen LogP contribution < -0.4 is 5.32 Å². The Hall–Kier alpha value is -1.10. The van der Waals surface area contributed by atoms with Crippen molar-refractivity contribution in [3.8, 4) is 0 Å². The first kappa shape index (κ1) is 14.0. The van der Waals surface area contributed by atoms with Gasteiger partial charge in [0.25, 0.3) is 0 Å². The number of hydrogen-bond acceptors (Lipinski definition) is 3. The maximum atomic E-state index is 11.7. The molecule has 1 fully saturated rings. The van der Waals surface area contributed by atoms with Crippen LogP contribution in [0.25, 0.3) is 0 Å². The second kappa shape index (κ2) is 6.00. The number of aliphatic carboxylic acids is 1. The second-order valence-corrected chi connectivity index (χ2v) is 4.77. The Morgan fingerprint density at radius 1 is 1.59 bits per heavy atom. The molecular formula is C12H22N2O3. The van der Waals surface area contributed by atoms with E-state index >= 15 is 0 Å². The van der Waals surface area contributed by atoms with E-state index in [4.69, 9.17) is 5.11 Å². The standard InChI is InChI=1S/C12H22N2O3/c1-4-8(2)9(3)14-6-5-13-12(17)10(14)7-11(15)16/h8-10H,4-7H2,1-3H3,(H,13,17)(H,15,16). The summed E-state index contributed by atoms with van der Waals surface area (Å²) in [5, 5.41) is 11.6. The number of carboxylic acid groups (broad SMARTS) is 1. The molecule has 1 saturated heterocycles. The lowest BCUT2D eigenvalue weighted by Gasteiger charge is -2.40. The molecule has 5 heteroatoms. The van der Waals surface area contributed by atoms with Gasteiger partial charge in [0.05, 0.1) is 12.5 Å². The fourth-order valence-corrected chi connectivity index (χ4v) is 2.26. The Balaban J connectivity index is 2.78. The third-order valence-electron chi connectivity index (χ3n) is 3.73. The molecule has 0 aromatic rings. The van der Waals surface area contributed by atoms with Gasteiger partial charge in [-0.1, -0.05) is 20.3 Å². The van der Waals surface area contributed by atoms with E-state index in [0.717, 1.165) is 13.0 Å². The van der Waals surface area contributed by atoms with Crippen molar-refractivity contribution in [1.82, 2.24) is 10.2 Å². The van der Waals surface area contributed by atoms with Crippen molar-refractivity contribution in [2.45, 2.75) is 45.7 Å². The molecule has 0 aliphatic carbocycles. The first-order chi connectivity index (χ1) is 7.97. The molecule has 0 saturated carbocycles. The van der Waals surface area contributed by atoms with Gasteiger partial charge in [-0.25, -0.2) is 0 Å². The number of nitrogens with zero attached hydrogens (tertiary/aromatic N) is 1. The van der Waals surface area contributed by atoms with Crippen molar-refractivity contribution in [3.05, 3.63) is 0 Å². The van der Waals surface area contributed by atoms with Gasteiger partial charge in [0, 0.05) is 19.1 Å². The monoisotopic (exact) mass is 242 g/mol. The van der Waals surface area contributed by atoms with Crippen LogP contribution in [-0.2, 0) is 9.59 Å². The molecule has 1 heterocycles. The molecule has 1 amide bonds. The minimum absolute atomic E-state index is 0.118. The number of amides is 1. The predicted octanol–water partition coefficient (Wildman–Crippen LogP) is 0.696. The van der Waals surface area contributed by atoms with Crippen molar-refractivity contribution in [1.29, 1.82) is 0 Å². The van der Waals surface area contributed by atoms with Crippen LogP contribution in [0.5, 0.6) is 0 Å². The Kier molecular flexibility index (Phi) is 4.93. The molecule has 17 heavy (non-hydrogen) atoms. The third-order valence-corrected chi connectivity index (χ3v) is 3.73. The van der Waals surface area contributed by atoms with E-state index in [1.54, 1.807) is 0 Å². The predicted molar refractivity (Wildman–Crippen MR) is 64.7 cm³/mol. The highest BCUT2D eigenvalue weighted by Gasteiger charge is 2.35. The van der Waals surface area contributed by atoms with Crippen LogP contribution in [0.15, 0.2) is 0 Å². The van der Waals surface area contributed by atoms with E-state index in [-0.39, 0.29) is 18.4 Å². The number of piperazine rings is 1. The molecule has 98 valence electrons. The molecule has 1 aliphatic rings. The molecule has 0 aromatic carbocycles. The highest BCUT2D eigenvalue weighted by Crippen LogP contribution is 2.20. The zero-order chi connectivity index (χ0) is 13.0. The summed E-state index contributed by atoms with van der Waals surface area (Å²) in [5.41, 5.74) is 0. The Morgan fingerprint density at radius 3 is 2.76 bits per heavy atom. The topological polar surface area (TPSA) is 69.6 Å². The number of hydrogen-bond donors (Lipinski definition) is 2. The summed E-state index contributed by atoms with van der Waals surface area (Å²) in [6.45, 7) is 7.65. The first-order valence-electron chi connectivity index (χ1n) is 6.22. The van der Waals surface area contributed by atoms with E-state index in [1.165, 1.54) is 0 Å². The molecule has 0 aromatic heterocycles. The van der Waals surface area contributed by atoms with Gasteiger partial charge in [0.2, 0.25) is 5.91 Å². The van der Waals surface area contributed by atoms with E-state index < -0.39 is 12.0 Å². The van der Waals surface area contributed by atoms with Gasteiger partial charge in [0.15, 0.2) is 0 Å². The number of carboxylic acids is 1. The summed E-state index contributed by atoms with van der Waals surface area (Å²) in [6, 6.07) is -0.291. The van der Waals surface area contributed by atoms with Crippen LogP contribution in [0.2, 0.25) is 0 Å². The van der Waals surface area contributed by atoms with E-state index in [1.807, 2.05) is 4.90 Å². The summed E-state index contributed by atoms with van der Waals surface area (Å²) in [7, 11) is 0. The van der Waals surface area contributed by atoms with Crippen molar-refractivity contribution < 1.29 is 14.7 Å². The normalized spacial score (nSPS) is 25.1. The van der Waals surface area contributed by atoms with Gasteiger partial charge >= 0.3 is 5.97 Å². The highest BCUT2D eigenvalue weighted by molar-refractivity contribution is 5.86. The van der Waals surface area contributed by atoms with E-state index in [9.17, 15) is 9.59 Å². The van der Waals surface area contributed by atoms with Crippen LogP contribution in [-0.4, -0.2) is 47.1 Å². The second-order valence-electron chi connectivity index (χ2n) is 4.77. The molecule has 1 rings (SSSR count). The lowest BCUT2D eigenvalue weighted by atomic mass is 9.95. The summed E-state index contributed by atoms with van der Waals surface area (Å²) >= 11 is 0. The molecular weight excluding hydrogens is 220 g/mol. The van der Waals surface area contributed by atoms with Gasteiger partial charge in [-0.2, -0.15) is 0 Å². The molecule has 0 radical (unpaired) electrons. The SMILES string of the molecule is CCC(C)C(C)N1CCNC(=O)C1CC(=O)O. The minimum atomic E-state index is -0.923. The quantitative estimate of drug-likeness (QED) is 0.744. The highest BCUT2D eigenvalue weighted by atomic mass is 16.4. The summed E-state index contributed by atoms with van der Waals surface area (Å²) < 4.78 is 0. The van der Waals surface area contributed by atoms with Crippen LogP contribution in [0.4, 0.5) is 0 Å². The molecule has 3 atom stereocenters. The minimum Gasteiger partial charge on any atom is -0.481 e. The number of carbonyl (C=O) groups excluding carboxylic acids is 1. The van der Waals surface area contributed by atoms with Crippen LogP contribution >= 0.6 is 0 Å². The average Bonchev–Trinajstić information content (AvgIpc) is 2.29. The number of rotatable bonds is 5. The van der Waals surface area contributed by atoms with Crippen LogP contribution in [0, 0.1) is 5.92 Å². The van der Waals surface area contributed by atoms with Gasteiger partial charge in [-0.3, -0.25) is 14.5 Å². The largest absolute Gasteiger partial charge is 0.481 e. The third kappa shape index (κ3) is 3.43. The van der Waals surface area contributed by atoms with Gasteiger partial charge in [-0.05, 0) is 12.8 Å². The average molecular weight is 242 g/mol. The van der Waals surface area contributed by atoms with Crippen LogP contribution in [0.1, 0.15) is 33.6 Å². The zero-order valence-corrected chi connectivity index (χ0v) is 10.8. The summed E-state index contributed by atoms with van der Waals surface area (Å²) in [4.78, 5) is 24.6. The maximum absolute atomic E-state index is 11.7. The smallest absolute Gasteiger partial charge is 0.305 e. The zero-order valence-electron chi connectivity index (χ0n) is 10.8. The fraction of sp³-hybridized carbons (Fsp3) is 0.833. The van der Waals surface area contributed by atoms with Gasteiger partial charge in [0.1, 0.15) is 0 Å². The summed E-state index contributed by atoms with van der Waals surface area (Å²) in [6.07, 6.45) is 0.908. The van der Waals surface area contributed by atoms with Crippen molar-refractivity contribution in [3.63, 3.8) is 0 Å². The van der Waals surface area contributed by atoms with Crippen molar-refractivity contribution in [2.75, 3.05) is 13.1 Å². The first-order valence-corrected chi connectivity index (χ1v) is 6.22. The number of nitrogens with one attached hydrogen (secondary N) is 1. The Bertz CT molecular complexity index is 293. The van der Waals surface area contributed by atoms with Crippen LogP contribution in [0.3, 0.4) is 0 Å². The fourth-order valence-electron chi connectivity index (χ4n) is 2.26. The Morgan fingerprint density at radius 2 is 2.24 bits per heavy atom. The lowest BCUT2D eigenvalue weighted by Crippen LogP contribution is -2.59. The van der Waals surface area contributed by atoms with E-state index in [2.05, 4.69) is 26.1 Å². The molecule has 3 unspecified atom stereocenters. The summed E-state index contributed by atoms with van der Waals surface area (Å²) in [5.74, 6) is -0.626. The molecule has 0 bridgehead atoms. The molecule has 1 aliphatic heterocycles. The Labute approximate surface area is 102 Å². The number of carbonyl (C=O) groups is 2. The van der Waals surface area contributed by atoms with Gasteiger partial charge in [-0.15, -0.1) is 0 Å². The molecule has 2 N–H and O–H groups in total. The lowest BCUT2D eigenvalue weighted by molar-refractivity contribution is -0.144. The van der Waals surface area contributed by atoms with Gasteiger partial charge < -0.3 is 10.4 Å². The maximum Gasteiger partial charge on any atom is 0.305 e. The molecule has 5 nitrogen and oxygen atoms in total.